The van der Waals surface area contributed by atoms with Gasteiger partial charge in [-0.05, 0) is 49.9 Å². The quantitative estimate of drug-likeness (QED) is 0.885. The number of aryl methyl sites for hydroxylation is 2. The molecule has 0 spiro atoms. The lowest BCUT2D eigenvalue weighted by Gasteiger charge is -2.19. The molecule has 23 heavy (non-hydrogen) atoms. The number of pyridine rings is 1. The van der Waals surface area contributed by atoms with Crippen molar-refractivity contribution in [3.8, 4) is 0 Å². The van der Waals surface area contributed by atoms with Crippen LogP contribution in [0.5, 0.6) is 0 Å². The fourth-order valence-electron chi connectivity index (χ4n) is 3.19. The van der Waals surface area contributed by atoms with Gasteiger partial charge in [-0.15, -0.1) is 0 Å². The van der Waals surface area contributed by atoms with Gasteiger partial charge in [-0.3, -0.25) is 14.5 Å². The molecular weight excluding hydrogens is 290 g/mol. The minimum Gasteiger partial charge on any atom is -0.352 e. The van der Waals surface area contributed by atoms with Gasteiger partial charge in [-0.25, -0.2) is 0 Å². The number of aromatic nitrogens is 3. The maximum absolute atomic E-state index is 12.5. The normalized spacial score (nSPS) is 13.7. The lowest BCUT2D eigenvalue weighted by Crippen LogP contribution is -2.30. The Kier molecular flexibility index (Phi) is 4.43. The highest BCUT2D eigenvalue weighted by Crippen LogP contribution is 2.17. The Labute approximate surface area is 136 Å². The number of nitrogens with zero attached hydrogens (tertiary/aromatic N) is 3. The van der Waals surface area contributed by atoms with Crippen LogP contribution in [0.4, 0.5) is 0 Å². The number of rotatable bonds is 4. The maximum atomic E-state index is 12.5. The molecule has 3 rings (SSSR count). The fraction of sp³-hybridized carbons (Fsp3) is 0.471. The first-order valence-corrected chi connectivity index (χ1v) is 8.01. The molecule has 6 nitrogen and oxygen atoms in total. The van der Waals surface area contributed by atoms with Crippen molar-refractivity contribution < 1.29 is 4.79 Å². The molecule has 3 heterocycles. The molecule has 6 heteroatoms. The Morgan fingerprint density at radius 1 is 1.39 bits per heavy atom. The van der Waals surface area contributed by atoms with Crippen molar-refractivity contribution in [1.29, 1.82) is 0 Å². The van der Waals surface area contributed by atoms with E-state index in [-0.39, 0.29) is 5.91 Å². The van der Waals surface area contributed by atoms with Crippen LogP contribution < -0.4 is 10.6 Å². The first-order valence-electron chi connectivity index (χ1n) is 8.01. The van der Waals surface area contributed by atoms with E-state index in [2.05, 4.69) is 27.6 Å². The largest absolute Gasteiger partial charge is 0.352 e. The van der Waals surface area contributed by atoms with Gasteiger partial charge in [0.15, 0.2) is 0 Å². The number of carbonyl (C=O) groups is 1. The standard InChI is InChI=1S/C17H23N5O/c1-11-14(12(2)22(3)21-11)5-7-20-17(23)16-10-19-9-13-8-18-6-4-15(13)16/h9-10,18H,4-8H2,1-3H3,(H,20,23). The first-order chi connectivity index (χ1) is 11.1. The summed E-state index contributed by atoms with van der Waals surface area (Å²) in [7, 11) is 1.94. The van der Waals surface area contributed by atoms with Gasteiger partial charge in [-0.2, -0.15) is 5.10 Å². The molecule has 0 aliphatic carbocycles. The van der Waals surface area contributed by atoms with E-state index in [1.807, 2.05) is 24.9 Å². The molecule has 0 atom stereocenters. The molecule has 1 amide bonds. The van der Waals surface area contributed by atoms with Crippen molar-refractivity contribution >= 4 is 5.91 Å². The smallest absolute Gasteiger partial charge is 0.253 e. The second kappa shape index (κ2) is 6.50. The van der Waals surface area contributed by atoms with Crippen LogP contribution in [0.25, 0.3) is 0 Å². The molecule has 1 aliphatic rings. The van der Waals surface area contributed by atoms with E-state index in [0.29, 0.717) is 12.1 Å². The molecule has 0 radical (unpaired) electrons. The molecule has 122 valence electrons. The maximum Gasteiger partial charge on any atom is 0.253 e. The summed E-state index contributed by atoms with van der Waals surface area (Å²) in [5, 5.41) is 10.7. The second-order valence-electron chi connectivity index (χ2n) is 6.03. The summed E-state index contributed by atoms with van der Waals surface area (Å²) < 4.78 is 1.89. The van der Waals surface area contributed by atoms with Crippen LogP contribution in [-0.4, -0.2) is 33.8 Å². The third-order valence-electron chi connectivity index (χ3n) is 4.58. The van der Waals surface area contributed by atoms with Crippen molar-refractivity contribution in [2.24, 2.45) is 7.05 Å². The predicted molar refractivity (Wildman–Crippen MR) is 88.4 cm³/mol. The van der Waals surface area contributed by atoms with E-state index in [4.69, 9.17) is 0 Å². The highest BCUT2D eigenvalue weighted by molar-refractivity contribution is 5.95. The molecule has 0 bridgehead atoms. The van der Waals surface area contributed by atoms with Gasteiger partial charge in [0.05, 0.1) is 11.3 Å². The average Bonchev–Trinajstić information content (AvgIpc) is 2.80. The van der Waals surface area contributed by atoms with Gasteiger partial charge in [0.2, 0.25) is 0 Å². The summed E-state index contributed by atoms with van der Waals surface area (Å²) in [6, 6.07) is 0. The molecule has 0 saturated heterocycles. The van der Waals surface area contributed by atoms with E-state index in [0.717, 1.165) is 48.4 Å². The molecule has 2 aromatic rings. The molecule has 2 aromatic heterocycles. The van der Waals surface area contributed by atoms with Crippen LogP contribution in [0, 0.1) is 13.8 Å². The zero-order valence-electron chi connectivity index (χ0n) is 13.9. The number of nitrogens with one attached hydrogen (secondary N) is 2. The number of hydrogen-bond acceptors (Lipinski definition) is 4. The van der Waals surface area contributed by atoms with Crippen LogP contribution in [0.2, 0.25) is 0 Å². The Hall–Kier alpha value is -2.21. The van der Waals surface area contributed by atoms with Crippen LogP contribution >= 0.6 is 0 Å². The summed E-state index contributed by atoms with van der Waals surface area (Å²) in [5.41, 5.74) is 6.37. The van der Waals surface area contributed by atoms with Crippen molar-refractivity contribution in [3.05, 3.63) is 46.0 Å². The molecular formula is C17H23N5O. The lowest BCUT2D eigenvalue weighted by molar-refractivity contribution is 0.0952. The number of hydrogen-bond donors (Lipinski definition) is 2. The van der Waals surface area contributed by atoms with Crippen molar-refractivity contribution in [2.45, 2.75) is 33.2 Å². The molecule has 0 saturated carbocycles. The summed E-state index contributed by atoms with van der Waals surface area (Å²) >= 11 is 0. The minimum atomic E-state index is -0.0320. The van der Waals surface area contributed by atoms with Gasteiger partial charge >= 0.3 is 0 Å². The lowest BCUT2D eigenvalue weighted by atomic mass is 9.98. The summed E-state index contributed by atoms with van der Waals surface area (Å²) in [5.74, 6) is -0.0320. The van der Waals surface area contributed by atoms with Gasteiger partial charge in [0.25, 0.3) is 5.91 Å². The Balaban J connectivity index is 1.66. The van der Waals surface area contributed by atoms with E-state index in [9.17, 15) is 4.79 Å². The molecule has 2 N–H and O–H groups in total. The van der Waals surface area contributed by atoms with E-state index in [1.54, 1.807) is 6.20 Å². The molecule has 0 aromatic carbocycles. The summed E-state index contributed by atoms with van der Waals surface area (Å²) in [4.78, 5) is 16.7. The minimum absolute atomic E-state index is 0.0320. The predicted octanol–water partition coefficient (Wildman–Crippen LogP) is 1.05. The molecule has 0 fully saturated rings. The molecule has 0 unspecified atom stereocenters. The van der Waals surface area contributed by atoms with Crippen LogP contribution in [0.3, 0.4) is 0 Å². The summed E-state index contributed by atoms with van der Waals surface area (Å²) in [6.45, 7) is 6.37. The number of fused-ring (bicyclic) bond motifs is 1. The first kappa shape index (κ1) is 15.7. The topological polar surface area (TPSA) is 71.8 Å². The SMILES string of the molecule is Cc1nn(C)c(C)c1CCNC(=O)c1cncc2c1CCNC2. The van der Waals surface area contributed by atoms with E-state index < -0.39 is 0 Å². The van der Waals surface area contributed by atoms with Gasteiger partial charge in [0.1, 0.15) is 0 Å². The van der Waals surface area contributed by atoms with Gasteiger partial charge in [-0.1, -0.05) is 0 Å². The molecule has 1 aliphatic heterocycles. The summed E-state index contributed by atoms with van der Waals surface area (Å²) in [6.07, 6.45) is 5.20. The van der Waals surface area contributed by atoms with E-state index >= 15 is 0 Å². The second-order valence-corrected chi connectivity index (χ2v) is 6.03. The average molecular weight is 313 g/mol. The van der Waals surface area contributed by atoms with Crippen molar-refractivity contribution in [3.63, 3.8) is 0 Å². The van der Waals surface area contributed by atoms with Crippen LogP contribution in [0.15, 0.2) is 12.4 Å². The monoisotopic (exact) mass is 313 g/mol. The Morgan fingerprint density at radius 3 is 2.96 bits per heavy atom. The zero-order chi connectivity index (χ0) is 16.4. The van der Waals surface area contributed by atoms with Crippen molar-refractivity contribution in [1.82, 2.24) is 25.4 Å². The third-order valence-corrected chi connectivity index (χ3v) is 4.58. The van der Waals surface area contributed by atoms with Gasteiger partial charge < -0.3 is 10.6 Å². The Morgan fingerprint density at radius 2 is 2.22 bits per heavy atom. The van der Waals surface area contributed by atoms with Gasteiger partial charge in [0, 0.05) is 38.2 Å². The number of carbonyl (C=O) groups excluding carboxylic acids is 1. The fourth-order valence-corrected chi connectivity index (χ4v) is 3.19. The highest BCUT2D eigenvalue weighted by atomic mass is 16.1. The van der Waals surface area contributed by atoms with Crippen LogP contribution in [0.1, 0.15) is 38.4 Å². The zero-order valence-corrected chi connectivity index (χ0v) is 13.9. The highest BCUT2D eigenvalue weighted by Gasteiger charge is 2.18. The number of amides is 1. The Bertz CT molecular complexity index is 735. The van der Waals surface area contributed by atoms with E-state index in [1.165, 1.54) is 5.56 Å². The van der Waals surface area contributed by atoms with Crippen LogP contribution in [-0.2, 0) is 26.4 Å². The third kappa shape index (κ3) is 3.12. The van der Waals surface area contributed by atoms with Crippen molar-refractivity contribution in [2.75, 3.05) is 13.1 Å².